The smallest absolute Gasteiger partial charge is 0.340 e. The first kappa shape index (κ1) is 19.1. The summed E-state index contributed by atoms with van der Waals surface area (Å²) in [4.78, 5) is 30.4. The number of aromatic nitrogens is 1. The van der Waals surface area contributed by atoms with Crippen LogP contribution in [0.25, 0.3) is 11.0 Å². The minimum atomic E-state index is -0.515. The van der Waals surface area contributed by atoms with Crippen LogP contribution in [0, 0.1) is 13.8 Å². The molecule has 0 bridgehead atoms. The summed E-state index contributed by atoms with van der Waals surface area (Å²) in [5.41, 5.74) is 4.03. The van der Waals surface area contributed by atoms with Gasteiger partial charge in [-0.2, -0.15) is 0 Å². The molecule has 1 aliphatic heterocycles. The van der Waals surface area contributed by atoms with E-state index in [1.54, 1.807) is 12.4 Å². The van der Waals surface area contributed by atoms with Gasteiger partial charge in [-0.15, -0.1) is 0 Å². The number of pyridine rings is 1. The van der Waals surface area contributed by atoms with Crippen LogP contribution in [0.15, 0.2) is 39.8 Å². The standard InChI is InChI=1S/C22H22N2O5/c1-13-17-8-16-11-24(10-15-4-6-23-7-5-15)12-28-20(16)14(2)21(17)29-22(26)18(13)9-19(25)27-3/h4-8H,9-12H2,1-3H3. The summed E-state index contributed by atoms with van der Waals surface area (Å²) in [6, 6.07) is 5.97. The Morgan fingerprint density at radius 3 is 2.72 bits per heavy atom. The fraction of sp³-hybridized carbons (Fsp3) is 0.318. The van der Waals surface area contributed by atoms with Gasteiger partial charge >= 0.3 is 11.6 Å². The quantitative estimate of drug-likeness (QED) is 0.497. The van der Waals surface area contributed by atoms with Crippen LogP contribution in [0.3, 0.4) is 0 Å². The van der Waals surface area contributed by atoms with E-state index in [4.69, 9.17) is 13.9 Å². The maximum atomic E-state index is 12.5. The van der Waals surface area contributed by atoms with E-state index in [-0.39, 0.29) is 6.42 Å². The number of carbonyl (C=O) groups excluding carboxylic acids is 1. The number of benzene rings is 1. The van der Waals surface area contributed by atoms with Gasteiger partial charge in [0.1, 0.15) is 18.1 Å². The number of fused-ring (bicyclic) bond motifs is 2. The van der Waals surface area contributed by atoms with Crippen molar-refractivity contribution in [3.8, 4) is 5.75 Å². The molecule has 0 unspecified atom stereocenters. The highest BCUT2D eigenvalue weighted by Crippen LogP contribution is 2.36. The van der Waals surface area contributed by atoms with E-state index >= 15 is 0 Å². The number of hydrogen-bond donors (Lipinski definition) is 0. The Kier molecular flexibility index (Phi) is 5.07. The van der Waals surface area contributed by atoms with Gasteiger partial charge < -0.3 is 13.9 Å². The molecule has 0 spiro atoms. The molecule has 3 aromatic rings. The van der Waals surface area contributed by atoms with Crippen molar-refractivity contribution in [2.75, 3.05) is 13.8 Å². The van der Waals surface area contributed by atoms with Crippen LogP contribution in [-0.2, 0) is 29.0 Å². The summed E-state index contributed by atoms with van der Waals surface area (Å²) in [5.74, 6) is 0.285. The topological polar surface area (TPSA) is 81.9 Å². The lowest BCUT2D eigenvalue weighted by Crippen LogP contribution is -2.32. The molecule has 0 radical (unpaired) electrons. The van der Waals surface area contributed by atoms with Gasteiger partial charge in [0.15, 0.2) is 0 Å². The lowest BCUT2D eigenvalue weighted by molar-refractivity contribution is -0.139. The molecule has 1 aliphatic rings. The van der Waals surface area contributed by atoms with E-state index in [2.05, 4.69) is 9.88 Å². The van der Waals surface area contributed by atoms with Gasteiger partial charge in [0.2, 0.25) is 0 Å². The molecule has 7 nitrogen and oxygen atoms in total. The molecule has 0 atom stereocenters. The minimum absolute atomic E-state index is 0.110. The molecule has 0 amide bonds. The predicted molar refractivity (Wildman–Crippen MR) is 107 cm³/mol. The van der Waals surface area contributed by atoms with Crippen LogP contribution in [-0.4, -0.2) is 29.7 Å². The molecule has 1 aromatic carbocycles. The number of hydrogen-bond acceptors (Lipinski definition) is 7. The predicted octanol–water partition coefficient (Wildman–Crippen LogP) is 2.87. The highest BCUT2D eigenvalue weighted by atomic mass is 16.5. The number of carbonyl (C=O) groups is 1. The van der Waals surface area contributed by atoms with Crippen molar-refractivity contribution in [1.82, 2.24) is 9.88 Å². The number of ether oxygens (including phenoxy) is 2. The number of rotatable bonds is 4. The fourth-order valence-corrected chi connectivity index (χ4v) is 3.76. The summed E-state index contributed by atoms with van der Waals surface area (Å²) in [7, 11) is 1.30. The van der Waals surface area contributed by atoms with Crippen molar-refractivity contribution in [3.63, 3.8) is 0 Å². The minimum Gasteiger partial charge on any atom is -0.477 e. The van der Waals surface area contributed by atoms with Gasteiger partial charge in [0, 0.05) is 42.0 Å². The van der Waals surface area contributed by atoms with Crippen LogP contribution in [0.5, 0.6) is 5.75 Å². The van der Waals surface area contributed by atoms with E-state index in [1.807, 2.05) is 32.0 Å². The summed E-state index contributed by atoms with van der Waals surface area (Å²) in [6.45, 7) is 5.63. The zero-order valence-electron chi connectivity index (χ0n) is 16.7. The SMILES string of the molecule is COC(=O)Cc1c(C)c2cc3c(c(C)c2oc1=O)OCN(Cc1ccncc1)C3. The first-order valence-corrected chi connectivity index (χ1v) is 9.37. The fourth-order valence-electron chi connectivity index (χ4n) is 3.76. The summed E-state index contributed by atoms with van der Waals surface area (Å²) in [5, 5.41) is 0.814. The second-order valence-electron chi connectivity index (χ2n) is 7.23. The maximum Gasteiger partial charge on any atom is 0.340 e. The van der Waals surface area contributed by atoms with Crippen molar-refractivity contribution in [2.24, 2.45) is 0 Å². The maximum absolute atomic E-state index is 12.5. The van der Waals surface area contributed by atoms with Crippen LogP contribution in [0.2, 0.25) is 0 Å². The normalized spacial score (nSPS) is 13.8. The molecule has 0 saturated heterocycles. The van der Waals surface area contributed by atoms with Gasteiger partial charge in [0.05, 0.1) is 19.1 Å². The van der Waals surface area contributed by atoms with Crippen molar-refractivity contribution in [2.45, 2.75) is 33.4 Å². The Morgan fingerprint density at radius 1 is 1.24 bits per heavy atom. The number of esters is 1. The van der Waals surface area contributed by atoms with Gasteiger partial charge in [0.25, 0.3) is 0 Å². The van der Waals surface area contributed by atoms with Crippen LogP contribution in [0.4, 0.5) is 0 Å². The van der Waals surface area contributed by atoms with Gasteiger partial charge in [-0.1, -0.05) is 0 Å². The molecule has 4 rings (SSSR count). The Balaban J connectivity index is 1.74. The number of methoxy groups -OCH3 is 1. The Labute approximate surface area is 167 Å². The molecule has 3 heterocycles. The Hall–Kier alpha value is -3.19. The van der Waals surface area contributed by atoms with Crippen molar-refractivity contribution in [3.05, 3.63) is 68.8 Å². The monoisotopic (exact) mass is 394 g/mol. The summed E-state index contributed by atoms with van der Waals surface area (Å²) >= 11 is 0. The largest absolute Gasteiger partial charge is 0.477 e. The molecule has 0 aliphatic carbocycles. The van der Waals surface area contributed by atoms with Crippen molar-refractivity contribution >= 4 is 16.9 Å². The van der Waals surface area contributed by atoms with Crippen LogP contribution in [0.1, 0.15) is 27.8 Å². The molecule has 150 valence electrons. The molecule has 29 heavy (non-hydrogen) atoms. The number of aryl methyl sites for hydroxylation is 2. The Bertz CT molecular complexity index is 1140. The highest BCUT2D eigenvalue weighted by Gasteiger charge is 2.24. The zero-order chi connectivity index (χ0) is 20.5. The Morgan fingerprint density at radius 2 is 2.00 bits per heavy atom. The second kappa shape index (κ2) is 7.67. The molecule has 2 aromatic heterocycles. The van der Waals surface area contributed by atoms with Gasteiger partial charge in [-0.3, -0.25) is 14.7 Å². The first-order valence-electron chi connectivity index (χ1n) is 9.37. The molecule has 7 heteroatoms. The third-order valence-corrected chi connectivity index (χ3v) is 5.32. The zero-order valence-corrected chi connectivity index (χ0v) is 16.7. The van der Waals surface area contributed by atoms with Gasteiger partial charge in [-0.25, -0.2) is 4.79 Å². The van der Waals surface area contributed by atoms with Crippen LogP contribution < -0.4 is 10.4 Å². The van der Waals surface area contributed by atoms with Crippen LogP contribution >= 0.6 is 0 Å². The lowest BCUT2D eigenvalue weighted by atomic mass is 9.97. The second-order valence-corrected chi connectivity index (χ2v) is 7.23. The van der Waals surface area contributed by atoms with Gasteiger partial charge in [-0.05, 0) is 43.2 Å². The highest BCUT2D eigenvalue weighted by molar-refractivity contribution is 5.88. The molecular weight excluding hydrogens is 372 g/mol. The van der Waals surface area contributed by atoms with Crippen molar-refractivity contribution in [1.29, 1.82) is 0 Å². The van der Waals surface area contributed by atoms with E-state index in [0.717, 1.165) is 39.9 Å². The van der Waals surface area contributed by atoms with E-state index in [9.17, 15) is 9.59 Å². The third-order valence-electron chi connectivity index (χ3n) is 5.32. The lowest BCUT2D eigenvalue weighted by Gasteiger charge is -2.30. The first-order chi connectivity index (χ1) is 14.0. The van der Waals surface area contributed by atoms with E-state index < -0.39 is 11.6 Å². The van der Waals surface area contributed by atoms with E-state index in [0.29, 0.717) is 24.4 Å². The molecular formula is C22H22N2O5. The van der Waals surface area contributed by atoms with E-state index in [1.165, 1.54) is 7.11 Å². The van der Waals surface area contributed by atoms with Crippen molar-refractivity contribution < 1.29 is 18.7 Å². The average molecular weight is 394 g/mol. The molecule has 0 N–H and O–H groups in total. The summed E-state index contributed by atoms with van der Waals surface area (Å²) < 4.78 is 16.3. The molecule has 0 fully saturated rings. The average Bonchev–Trinajstić information content (AvgIpc) is 2.72. The third kappa shape index (κ3) is 3.61. The molecule has 0 saturated carbocycles. The summed E-state index contributed by atoms with van der Waals surface area (Å²) in [6.07, 6.45) is 3.45. The number of nitrogens with zero attached hydrogens (tertiary/aromatic N) is 2.